The van der Waals surface area contributed by atoms with Crippen LogP contribution in [0.3, 0.4) is 0 Å². The third kappa shape index (κ3) is 2.70. The highest BCUT2D eigenvalue weighted by atomic mass is 35.5. The van der Waals surface area contributed by atoms with E-state index in [4.69, 9.17) is 16.3 Å². The molecule has 4 nitrogen and oxygen atoms in total. The molecule has 22 heavy (non-hydrogen) atoms. The fourth-order valence-electron chi connectivity index (χ4n) is 2.39. The Hall–Kier alpha value is -2.33. The maximum Gasteiger partial charge on any atom is 0.268 e. The Labute approximate surface area is 133 Å². The highest BCUT2D eigenvalue weighted by molar-refractivity contribution is 6.30. The van der Waals surface area contributed by atoms with E-state index in [2.05, 4.69) is 0 Å². The number of Topliss-reactive ketones (excluding diaryl/α,β-unsaturated/α-hetero) is 1. The lowest BCUT2D eigenvalue weighted by Crippen LogP contribution is -2.46. The van der Waals surface area contributed by atoms with E-state index < -0.39 is 6.10 Å². The summed E-state index contributed by atoms with van der Waals surface area (Å²) < 4.78 is 5.56. The van der Waals surface area contributed by atoms with Gasteiger partial charge in [0.15, 0.2) is 11.9 Å². The van der Waals surface area contributed by atoms with Gasteiger partial charge in [0.1, 0.15) is 5.75 Å². The van der Waals surface area contributed by atoms with Gasteiger partial charge in [0.2, 0.25) is 0 Å². The van der Waals surface area contributed by atoms with Crippen molar-refractivity contribution in [1.82, 2.24) is 0 Å². The Morgan fingerprint density at radius 3 is 2.59 bits per heavy atom. The molecule has 1 aliphatic rings. The highest BCUT2D eigenvalue weighted by Gasteiger charge is 2.32. The van der Waals surface area contributed by atoms with Crippen molar-refractivity contribution >= 4 is 29.0 Å². The van der Waals surface area contributed by atoms with Gasteiger partial charge >= 0.3 is 0 Å². The van der Waals surface area contributed by atoms with Crippen LogP contribution in [-0.2, 0) is 4.79 Å². The van der Waals surface area contributed by atoms with E-state index in [1.165, 1.54) is 4.90 Å². The number of amides is 1. The number of ketones is 1. The van der Waals surface area contributed by atoms with Crippen molar-refractivity contribution < 1.29 is 14.3 Å². The molecule has 3 rings (SSSR count). The van der Waals surface area contributed by atoms with Gasteiger partial charge in [0.05, 0.1) is 12.2 Å². The number of carbonyl (C=O) groups excluding carboxylic acids is 2. The lowest BCUT2D eigenvalue weighted by atomic mass is 10.1. The topological polar surface area (TPSA) is 46.6 Å². The summed E-state index contributed by atoms with van der Waals surface area (Å²) in [6, 6.07) is 13.8. The maximum atomic E-state index is 12.4. The molecule has 2 aromatic carbocycles. The summed E-state index contributed by atoms with van der Waals surface area (Å²) in [4.78, 5) is 26.2. The number of fused-ring (bicyclic) bond motifs is 1. The third-order valence-electron chi connectivity index (χ3n) is 3.54. The Kier molecular flexibility index (Phi) is 3.86. The molecule has 5 heteroatoms. The average molecular weight is 316 g/mol. The molecule has 0 spiro atoms. The van der Waals surface area contributed by atoms with Gasteiger partial charge in [-0.05, 0) is 43.3 Å². The van der Waals surface area contributed by atoms with Crippen molar-refractivity contribution in [2.45, 2.75) is 13.0 Å². The van der Waals surface area contributed by atoms with E-state index in [0.29, 0.717) is 22.0 Å². The van der Waals surface area contributed by atoms with Crippen molar-refractivity contribution in [1.29, 1.82) is 0 Å². The summed E-state index contributed by atoms with van der Waals surface area (Å²) in [6.07, 6.45) is -0.604. The molecule has 0 aliphatic carbocycles. The zero-order valence-corrected chi connectivity index (χ0v) is 12.7. The van der Waals surface area contributed by atoms with Crippen LogP contribution in [0, 0.1) is 0 Å². The van der Waals surface area contributed by atoms with Crippen LogP contribution < -0.4 is 9.64 Å². The fraction of sp³-hybridized carbons (Fsp3) is 0.176. The zero-order chi connectivity index (χ0) is 15.7. The Bertz CT molecular complexity index is 727. The number of benzene rings is 2. The number of para-hydroxylation sites is 2. The predicted octanol–water partition coefficient (Wildman–Crippen LogP) is 3.34. The molecule has 0 N–H and O–H groups in total. The van der Waals surface area contributed by atoms with Gasteiger partial charge in [-0.3, -0.25) is 14.5 Å². The quantitative estimate of drug-likeness (QED) is 0.816. The van der Waals surface area contributed by atoms with Gasteiger partial charge in [-0.15, -0.1) is 0 Å². The largest absolute Gasteiger partial charge is 0.479 e. The number of nitrogens with zero attached hydrogens (tertiary/aromatic N) is 1. The minimum Gasteiger partial charge on any atom is -0.479 e. The Balaban J connectivity index is 1.89. The van der Waals surface area contributed by atoms with Gasteiger partial charge in [-0.2, -0.15) is 0 Å². The normalized spacial score (nSPS) is 16.9. The maximum absolute atomic E-state index is 12.4. The van der Waals surface area contributed by atoms with Crippen molar-refractivity contribution in [2.24, 2.45) is 0 Å². The van der Waals surface area contributed by atoms with Crippen LogP contribution in [0.1, 0.15) is 17.3 Å². The van der Waals surface area contributed by atoms with Crippen LogP contribution in [0.4, 0.5) is 5.69 Å². The van der Waals surface area contributed by atoms with E-state index in [1.807, 2.05) is 12.1 Å². The van der Waals surface area contributed by atoms with Crippen molar-refractivity contribution in [3.05, 3.63) is 59.1 Å². The van der Waals surface area contributed by atoms with Crippen molar-refractivity contribution in [2.75, 3.05) is 11.4 Å². The number of anilines is 1. The molecule has 1 atom stereocenters. The van der Waals surface area contributed by atoms with Crippen LogP contribution in [-0.4, -0.2) is 24.3 Å². The second-order valence-electron chi connectivity index (χ2n) is 5.08. The van der Waals surface area contributed by atoms with Gasteiger partial charge < -0.3 is 4.74 Å². The van der Waals surface area contributed by atoms with Gasteiger partial charge in [0, 0.05) is 10.6 Å². The zero-order valence-electron chi connectivity index (χ0n) is 12.0. The summed E-state index contributed by atoms with van der Waals surface area (Å²) in [5, 5.41) is 0.568. The lowest BCUT2D eigenvalue weighted by Gasteiger charge is -2.32. The standard InChI is InChI=1S/C17H14ClNO3/c1-11-17(21)19(14-4-2-3-5-16(14)22-11)10-15(20)12-6-8-13(18)9-7-12/h2-9,11H,10H2,1H3. The number of hydrogen-bond acceptors (Lipinski definition) is 3. The molecule has 1 unspecified atom stereocenters. The molecular weight excluding hydrogens is 302 g/mol. The second kappa shape index (κ2) is 5.81. The first-order valence-electron chi connectivity index (χ1n) is 6.92. The average Bonchev–Trinajstić information content (AvgIpc) is 2.52. The lowest BCUT2D eigenvalue weighted by molar-refractivity contribution is -0.125. The van der Waals surface area contributed by atoms with Crippen LogP contribution in [0.15, 0.2) is 48.5 Å². The van der Waals surface area contributed by atoms with Gasteiger partial charge in [-0.1, -0.05) is 23.7 Å². The van der Waals surface area contributed by atoms with Crippen molar-refractivity contribution in [3.63, 3.8) is 0 Å². The first-order chi connectivity index (χ1) is 10.6. The van der Waals surface area contributed by atoms with E-state index in [1.54, 1.807) is 43.3 Å². The first-order valence-corrected chi connectivity index (χ1v) is 7.30. The second-order valence-corrected chi connectivity index (χ2v) is 5.52. The molecule has 0 saturated carbocycles. The van der Waals surface area contributed by atoms with E-state index in [9.17, 15) is 9.59 Å². The molecule has 0 aromatic heterocycles. The van der Waals surface area contributed by atoms with Crippen LogP contribution in [0.2, 0.25) is 5.02 Å². The van der Waals surface area contributed by atoms with E-state index >= 15 is 0 Å². The molecule has 0 fully saturated rings. The minimum absolute atomic E-state index is 0.0226. The Morgan fingerprint density at radius 1 is 1.18 bits per heavy atom. The summed E-state index contributed by atoms with van der Waals surface area (Å²) in [5.41, 5.74) is 1.14. The Morgan fingerprint density at radius 2 is 1.86 bits per heavy atom. The molecule has 2 aromatic rings. The van der Waals surface area contributed by atoms with E-state index in [0.717, 1.165) is 0 Å². The summed E-state index contributed by atoms with van der Waals surface area (Å²) >= 11 is 5.83. The molecule has 1 aliphatic heterocycles. The number of hydrogen-bond donors (Lipinski definition) is 0. The van der Waals surface area contributed by atoms with E-state index in [-0.39, 0.29) is 18.2 Å². The molecular formula is C17H14ClNO3. The third-order valence-corrected chi connectivity index (χ3v) is 3.79. The fourth-order valence-corrected chi connectivity index (χ4v) is 2.52. The summed E-state index contributed by atoms with van der Waals surface area (Å²) in [6.45, 7) is 1.66. The summed E-state index contributed by atoms with van der Waals surface area (Å²) in [7, 11) is 0. The number of carbonyl (C=O) groups is 2. The molecule has 1 amide bonds. The molecule has 0 bridgehead atoms. The predicted molar refractivity (Wildman–Crippen MR) is 84.7 cm³/mol. The number of ether oxygens (including phenoxy) is 1. The molecule has 0 radical (unpaired) electrons. The smallest absolute Gasteiger partial charge is 0.268 e. The number of rotatable bonds is 3. The van der Waals surface area contributed by atoms with Gasteiger partial charge in [-0.25, -0.2) is 0 Å². The molecule has 1 heterocycles. The SMILES string of the molecule is CC1Oc2ccccc2N(CC(=O)c2ccc(Cl)cc2)C1=O. The highest BCUT2D eigenvalue weighted by Crippen LogP contribution is 2.33. The van der Waals surface area contributed by atoms with Gasteiger partial charge in [0.25, 0.3) is 5.91 Å². The van der Waals surface area contributed by atoms with Crippen molar-refractivity contribution in [3.8, 4) is 5.75 Å². The molecule has 0 saturated heterocycles. The monoisotopic (exact) mass is 315 g/mol. The first kappa shape index (κ1) is 14.6. The van der Waals surface area contributed by atoms with Crippen LogP contribution >= 0.6 is 11.6 Å². The number of halogens is 1. The summed E-state index contributed by atoms with van der Waals surface area (Å²) in [5.74, 6) is 0.244. The minimum atomic E-state index is -0.604. The van der Waals surface area contributed by atoms with Crippen LogP contribution in [0.25, 0.3) is 0 Å². The molecule has 112 valence electrons. The van der Waals surface area contributed by atoms with Crippen LogP contribution in [0.5, 0.6) is 5.75 Å².